The Balaban J connectivity index is 1.64. The highest BCUT2D eigenvalue weighted by Crippen LogP contribution is 2.42. The lowest BCUT2D eigenvalue weighted by Crippen LogP contribution is -2.34. The second kappa shape index (κ2) is 6.37. The fourth-order valence-electron chi connectivity index (χ4n) is 2.63. The minimum Gasteiger partial charge on any atom is -0.381 e. The van der Waals surface area contributed by atoms with Gasteiger partial charge in [-0.15, -0.1) is 0 Å². The van der Waals surface area contributed by atoms with Gasteiger partial charge in [0.15, 0.2) is 0 Å². The van der Waals surface area contributed by atoms with Crippen molar-refractivity contribution in [3.8, 4) is 0 Å². The smallest absolute Gasteiger partial charge is 0.0835 e. The molecule has 1 fully saturated rings. The van der Waals surface area contributed by atoms with Gasteiger partial charge in [0.25, 0.3) is 0 Å². The van der Waals surface area contributed by atoms with Gasteiger partial charge in [-0.3, -0.25) is 0 Å². The molecule has 0 saturated heterocycles. The van der Waals surface area contributed by atoms with Gasteiger partial charge in [-0.05, 0) is 64.5 Å². The molecule has 0 spiro atoms. The number of benzene rings is 2. The zero-order chi connectivity index (χ0) is 15.0. The van der Waals surface area contributed by atoms with E-state index in [1.165, 1.54) is 5.56 Å². The van der Waals surface area contributed by atoms with Gasteiger partial charge in [-0.25, -0.2) is 0 Å². The van der Waals surface area contributed by atoms with Crippen LogP contribution < -0.4 is 5.32 Å². The normalized spacial score (nSPS) is 21.0. The molecule has 0 atom stereocenters. The van der Waals surface area contributed by atoms with Crippen LogP contribution in [0, 0.1) is 0 Å². The van der Waals surface area contributed by atoms with Gasteiger partial charge >= 0.3 is 0 Å². The largest absolute Gasteiger partial charge is 0.381 e. The Morgan fingerprint density at radius 2 is 1.76 bits per heavy atom. The van der Waals surface area contributed by atoms with E-state index in [0.717, 1.165) is 28.0 Å². The average Bonchev–Trinajstić information content (AvgIpc) is 2.42. The zero-order valence-electron chi connectivity index (χ0n) is 11.0. The van der Waals surface area contributed by atoms with Crippen LogP contribution in [0.4, 0.5) is 5.69 Å². The van der Waals surface area contributed by atoms with E-state index in [1.807, 2.05) is 30.3 Å². The van der Waals surface area contributed by atoms with Crippen molar-refractivity contribution in [2.24, 2.45) is 0 Å². The van der Waals surface area contributed by atoms with E-state index in [1.54, 1.807) is 0 Å². The maximum Gasteiger partial charge on any atom is 0.0835 e. The molecule has 2 aromatic rings. The lowest BCUT2D eigenvalue weighted by atomic mass is 9.76. The number of rotatable bonds is 3. The lowest BCUT2D eigenvalue weighted by molar-refractivity contribution is 0.374. The molecular formula is C16H13BrCl3N. The standard InChI is InChI=1S/C16H13BrCl3N/c17-13-4-5-14(16(20)15(13)19)21-12-7-10(8-12)9-2-1-3-11(18)6-9/h1-6,10,12,21H,7-8H2. The minimum atomic E-state index is 0.420. The van der Waals surface area contributed by atoms with Crippen LogP contribution in [0.3, 0.4) is 0 Å². The Morgan fingerprint density at radius 1 is 1.00 bits per heavy atom. The SMILES string of the molecule is Clc1cccc(C2CC(Nc3ccc(Br)c(Cl)c3Cl)C2)c1. The molecule has 5 heteroatoms. The number of anilines is 1. The Labute approximate surface area is 147 Å². The average molecular weight is 406 g/mol. The molecule has 0 radical (unpaired) electrons. The van der Waals surface area contributed by atoms with Gasteiger partial charge in [-0.1, -0.05) is 46.9 Å². The summed E-state index contributed by atoms with van der Waals surface area (Å²) in [5.74, 6) is 0.561. The third-order valence-electron chi connectivity index (χ3n) is 3.85. The van der Waals surface area contributed by atoms with Gasteiger partial charge in [0, 0.05) is 15.5 Å². The number of halogens is 4. The summed E-state index contributed by atoms with van der Waals surface area (Å²) in [5, 5.41) is 5.37. The van der Waals surface area contributed by atoms with E-state index >= 15 is 0 Å². The molecule has 1 nitrogen and oxygen atoms in total. The third kappa shape index (κ3) is 3.34. The van der Waals surface area contributed by atoms with E-state index in [2.05, 4.69) is 27.3 Å². The van der Waals surface area contributed by atoms with E-state index in [9.17, 15) is 0 Å². The van der Waals surface area contributed by atoms with Crippen LogP contribution in [0.25, 0.3) is 0 Å². The van der Waals surface area contributed by atoms with Crippen LogP contribution in [0.15, 0.2) is 40.9 Å². The van der Waals surface area contributed by atoms with E-state index in [0.29, 0.717) is 22.0 Å². The Hall–Kier alpha value is -0.410. The van der Waals surface area contributed by atoms with Crippen LogP contribution in [-0.2, 0) is 0 Å². The van der Waals surface area contributed by atoms with Crippen LogP contribution >= 0.6 is 50.7 Å². The van der Waals surface area contributed by atoms with Crippen molar-refractivity contribution in [1.82, 2.24) is 0 Å². The summed E-state index contributed by atoms with van der Waals surface area (Å²) in [5.41, 5.74) is 2.19. The van der Waals surface area contributed by atoms with Crippen molar-refractivity contribution < 1.29 is 0 Å². The zero-order valence-corrected chi connectivity index (χ0v) is 14.9. The first-order valence-corrected chi connectivity index (χ1v) is 8.63. The Morgan fingerprint density at radius 3 is 2.48 bits per heavy atom. The summed E-state index contributed by atoms with van der Waals surface area (Å²) >= 11 is 21.8. The second-order valence-electron chi connectivity index (χ2n) is 5.29. The molecule has 0 bridgehead atoms. The molecule has 1 aliphatic rings. The molecule has 3 rings (SSSR count). The molecule has 0 aromatic heterocycles. The fourth-order valence-corrected chi connectivity index (χ4v) is 3.65. The molecule has 0 unspecified atom stereocenters. The van der Waals surface area contributed by atoms with Crippen LogP contribution in [0.2, 0.25) is 15.1 Å². The third-order valence-corrected chi connectivity index (χ3v) is 5.86. The first kappa shape index (κ1) is 15.5. The molecule has 0 heterocycles. The van der Waals surface area contributed by atoms with E-state index in [4.69, 9.17) is 34.8 Å². The molecule has 21 heavy (non-hydrogen) atoms. The lowest BCUT2D eigenvalue weighted by Gasteiger charge is -2.37. The monoisotopic (exact) mass is 403 g/mol. The predicted molar refractivity (Wildman–Crippen MR) is 95.0 cm³/mol. The molecule has 1 aliphatic carbocycles. The molecular weight excluding hydrogens is 392 g/mol. The summed E-state index contributed by atoms with van der Waals surface area (Å²) in [4.78, 5) is 0. The van der Waals surface area contributed by atoms with E-state index < -0.39 is 0 Å². The number of nitrogens with one attached hydrogen (secondary N) is 1. The topological polar surface area (TPSA) is 12.0 Å². The summed E-state index contributed by atoms with van der Waals surface area (Å²) in [7, 11) is 0. The maximum atomic E-state index is 6.26. The Kier molecular flexibility index (Phi) is 4.70. The number of hydrogen-bond acceptors (Lipinski definition) is 1. The van der Waals surface area contributed by atoms with Gasteiger partial charge in [0.2, 0.25) is 0 Å². The summed E-state index contributed by atoms with van der Waals surface area (Å²) in [6.45, 7) is 0. The highest BCUT2D eigenvalue weighted by Gasteiger charge is 2.30. The second-order valence-corrected chi connectivity index (χ2v) is 7.33. The fraction of sp³-hybridized carbons (Fsp3) is 0.250. The van der Waals surface area contributed by atoms with Crippen molar-refractivity contribution in [1.29, 1.82) is 0 Å². The summed E-state index contributed by atoms with van der Waals surface area (Å²) < 4.78 is 0.810. The van der Waals surface area contributed by atoms with Crippen LogP contribution in [0.5, 0.6) is 0 Å². The van der Waals surface area contributed by atoms with Crippen molar-refractivity contribution in [3.63, 3.8) is 0 Å². The van der Waals surface area contributed by atoms with Crippen molar-refractivity contribution in [2.45, 2.75) is 24.8 Å². The van der Waals surface area contributed by atoms with Gasteiger partial charge in [0.1, 0.15) is 0 Å². The van der Waals surface area contributed by atoms with Crippen LogP contribution in [0.1, 0.15) is 24.3 Å². The quantitative estimate of drug-likeness (QED) is 0.556. The first-order chi connectivity index (χ1) is 10.0. The van der Waals surface area contributed by atoms with Crippen LogP contribution in [-0.4, -0.2) is 6.04 Å². The first-order valence-electron chi connectivity index (χ1n) is 6.70. The molecule has 2 aromatic carbocycles. The molecule has 1 N–H and O–H groups in total. The van der Waals surface area contributed by atoms with E-state index in [-0.39, 0.29) is 0 Å². The van der Waals surface area contributed by atoms with Crippen molar-refractivity contribution >= 4 is 56.4 Å². The maximum absolute atomic E-state index is 6.26. The minimum absolute atomic E-state index is 0.420. The molecule has 1 saturated carbocycles. The predicted octanol–water partition coefficient (Wildman–Crippen LogP) is 6.77. The summed E-state index contributed by atoms with van der Waals surface area (Å²) in [6, 6.07) is 12.4. The Bertz CT molecular complexity index is 669. The highest BCUT2D eigenvalue weighted by molar-refractivity contribution is 9.10. The van der Waals surface area contributed by atoms with Crippen molar-refractivity contribution in [3.05, 3.63) is 61.5 Å². The molecule has 0 aliphatic heterocycles. The number of hydrogen-bond donors (Lipinski definition) is 1. The summed E-state index contributed by atoms with van der Waals surface area (Å²) in [6.07, 6.45) is 2.15. The molecule has 110 valence electrons. The van der Waals surface area contributed by atoms with Gasteiger partial charge < -0.3 is 5.32 Å². The highest BCUT2D eigenvalue weighted by atomic mass is 79.9. The van der Waals surface area contributed by atoms with Gasteiger partial charge in [-0.2, -0.15) is 0 Å². The molecule has 0 amide bonds. The van der Waals surface area contributed by atoms with Crippen molar-refractivity contribution in [2.75, 3.05) is 5.32 Å². The van der Waals surface area contributed by atoms with Gasteiger partial charge in [0.05, 0.1) is 15.7 Å².